The molecule has 1 amide bonds. The Kier molecular flexibility index (Phi) is 5.54. The van der Waals surface area contributed by atoms with E-state index in [1.54, 1.807) is 11.0 Å². The molecule has 0 atom stereocenters. The number of anilines is 1. The maximum Gasteiger partial charge on any atom is 0.270 e. The zero-order valence-electron chi connectivity index (χ0n) is 15.9. The molecule has 0 aliphatic rings. The molecule has 0 aliphatic heterocycles. The van der Waals surface area contributed by atoms with Crippen LogP contribution in [-0.2, 0) is 0 Å². The molecule has 2 aromatic heterocycles. The van der Waals surface area contributed by atoms with E-state index in [2.05, 4.69) is 0 Å². The average Bonchev–Trinajstić information content (AvgIpc) is 3.35. The highest BCUT2D eigenvalue weighted by Crippen LogP contribution is 2.37. The summed E-state index contributed by atoms with van der Waals surface area (Å²) in [6, 6.07) is 17.1. The van der Waals surface area contributed by atoms with Crippen molar-refractivity contribution in [1.82, 2.24) is 0 Å². The van der Waals surface area contributed by atoms with Crippen molar-refractivity contribution in [3.8, 4) is 0 Å². The molecule has 3 nitrogen and oxygen atoms in total. The van der Waals surface area contributed by atoms with Gasteiger partial charge in [0.05, 0.1) is 16.4 Å². The molecule has 0 fully saturated rings. The first kappa shape index (κ1) is 19.8. The predicted octanol–water partition coefficient (Wildman–Crippen LogP) is 6.76. The number of rotatable bonds is 5. The lowest BCUT2D eigenvalue weighted by Gasteiger charge is -2.24. The number of ketones is 1. The van der Waals surface area contributed by atoms with Crippen LogP contribution in [0, 0.1) is 13.8 Å². The first-order valence-corrected chi connectivity index (χ1v) is 11.2. The van der Waals surface area contributed by atoms with Crippen LogP contribution in [0.15, 0.2) is 60.0 Å². The van der Waals surface area contributed by atoms with Gasteiger partial charge in [-0.05, 0) is 43.0 Å². The fraction of sp³-hybridized carbons (Fsp3) is 0.130. The lowest BCUT2D eigenvalue weighted by atomic mass is 10.1. The first-order chi connectivity index (χ1) is 14.0. The smallest absolute Gasteiger partial charge is 0.270 e. The van der Waals surface area contributed by atoms with E-state index < -0.39 is 0 Å². The highest BCUT2D eigenvalue weighted by Gasteiger charge is 2.27. The molecule has 0 N–H and O–H groups in total. The second-order valence-corrected chi connectivity index (χ2v) is 9.20. The van der Waals surface area contributed by atoms with Gasteiger partial charge in [0.1, 0.15) is 4.88 Å². The second-order valence-electron chi connectivity index (χ2n) is 6.82. The zero-order chi connectivity index (χ0) is 20.5. The summed E-state index contributed by atoms with van der Waals surface area (Å²) in [6.07, 6.45) is 0. The zero-order valence-corrected chi connectivity index (χ0v) is 18.3. The average molecular weight is 440 g/mol. The highest BCUT2D eigenvalue weighted by atomic mass is 35.5. The van der Waals surface area contributed by atoms with Gasteiger partial charge in [0.2, 0.25) is 0 Å². The van der Waals surface area contributed by atoms with Crippen molar-refractivity contribution in [2.45, 2.75) is 13.8 Å². The van der Waals surface area contributed by atoms with Gasteiger partial charge in [0.15, 0.2) is 5.78 Å². The maximum atomic E-state index is 13.6. The summed E-state index contributed by atoms with van der Waals surface area (Å²) in [6.45, 7) is 3.92. The number of benzene rings is 2. The third kappa shape index (κ3) is 3.86. The van der Waals surface area contributed by atoms with Crippen LogP contribution in [0.2, 0.25) is 5.02 Å². The number of hydrogen-bond donors (Lipinski definition) is 0. The van der Waals surface area contributed by atoms with E-state index in [4.69, 9.17) is 11.6 Å². The summed E-state index contributed by atoms with van der Waals surface area (Å²) in [5.41, 5.74) is 2.76. The van der Waals surface area contributed by atoms with Gasteiger partial charge in [-0.25, -0.2) is 0 Å². The Morgan fingerprint density at radius 1 is 1.03 bits per heavy atom. The molecule has 0 spiro atoms. The van der Waals surface area contributed by atoms with Crippen molar-refractivity contribution in [2.75, 3.05) is 11.4 Å². The second kappa shape index (κ2) is 8.11. The van der Waals surface area contributed by atoms with E-state index in [0.29, 0.717) is 14.8 Å². The topological polar surface area (TPSA) is 37.4 Å². The fourth-order valence-electron chi connectivity index (χ4n) is 3.31. The number of hydrogen-bond acceptors (Lipinski definition) is 4. The molecule has 0 radical (unpaired) electrons. The minimum Gasteiger partial charge on any atom is -0.300 e. The summed E-state index contributed by atoms with van der Waals surface area (Å²) in [5.74, 6) is -0.349. The van der Waals surface area contributed by atoms with Crippen molar-refractivity contribution in [2.24, 2.45) is 0 Å². The Morgan fingerprint density at radius 2 is 1.83 bits per heavy atom. The first-order valence-electron chi connectivity index (χ1n) is 9.08. The largest absolute Gasteiger partial charge is 0.300 e. The van der Waals surface area contributed by atoms with Crippen LogP contribution in [0.4, 0.5) is 5.69 Å². The predicted molar refractivity (Wildman–Crippen MR) is 123 cm³/mol. The van der Waals surface area contributed by atoms with Crippen molar-refractivity contribution in [1.29, 1.82) is 0 Å². The van der Waals surface area contributed by atoms with Crippen molar-refractivity contribution < 1.29 is 9.59 Å². The molecule has 146 valence electrons. The standard InChI is InChI=1S/C23H18ClNO2S2/c1-14-9-10-17(15(2)12-14)25(13-18(26)20-8-5-11-28-20)23(27)22-21(24)16-6-3-4-7-19(16)29-22/h3-12H,13H2,1-2H3. The lowest BCUT2D eigenvalue weighted by molar-refractivity contribution is 0.0941. The molecular weight excluding hydrogens is 422 g/mol. The molecular formula is C23H18ClNO2S2. The summed E-state index contributed by atoms with van der Waals surface area (Å²) >= 11 is 9.30. The number of halogens is 1. The molecule has 2 aromatic carbocycles. The van der Waals surface area contributed by atoms with E-state index in [1.807, 2.05) is 67.8 Å². The molecule has 4 rings (SSSR count). The van der Waals surface area contributed by atoms with Crippen LogP contribution in [0.5, 0.6) is 0 Å². The number of nitrogens with zero attached hydrogens (tertiary/aromatic N) is 1. The summed E-state index contributed by atoms with van der Waals surface area (Å²) < 4.78 is 0.950. The minimum atomic E-state index is -0.256. The van der Waals surface area contributed by atoms with Gasteiger partial charge < -0.3 is 0 Å². The van der Waals surface area contributed by atoms with E-state index in [9.17, 15) is 9.59 Å². The van der Waals surface area contributed by atoms with Gasteiger partial charge in [-0.2, -0.15) is 0 Å². The molecule has 0 aliphatic carbocycles. The minimum absolute atomic E-state index is 0.0339. The molecule has 0 unspecified atom stereocenters. The molecule has 4 aromatic rings. The van der Waals surface area contributed by atoms with E-state index >= 15 is 0 Å². The SMILES string of the molecule is Cc1ccc(N(CC(=O)c2cccs2)C(=O)c2sc3ccccc3c2Cl)c(C)c1. The van der Waals surface area contributed by atoms with Gasteiger partial charge in [-0.3, -0.25) is 14.5 Å². The Morgan fingerprint density at radius 3 is 2.52 bits per heavy atom. The van der Waals surface area contributed by atoms with Crippen molar-refractivity contribution in [3.63, 3.8) is 0 Å². The Balaban J connectivity index is 1.79. The summed E-state index contributed by atoms with van der Waals surface area (Å²) in [5, 5.41) is 3.15. The quantitative estimate of drug-likeness (QED) is 0.322. The van der Waals surface area contributed by atoms with Crippen molar-refractivity contribution >= 4 is 61.7 Å². The Bertz CT molecular complexity index is 1210. The molecule has 29 heavy (non-hydrogen) atoms. The van der Waals surface area contributed by atoms with E-state index in [-0.39, 0.29) is 18.2 Å². The molecule has 0 saturated carbocycles. The third-order valence-electron chi connectivity index (χ3n) is 4.72. The molecule has 0 saturated heterocycles. The maximum absolute atomic E-state index is 13.6. The molecule has 2 heterocycles. The van der Waals surface area contributed by atoms with Crippen molar-refractivity contribution in [3.05, 3.63) is 85.9 Å². The third-order valence-corrected chi connectivity index (χ3v) is 7.29. The molecule has 0 bridgehead atoms. The van der Waals surface area contributed by atoms with E-state index in [0.717, 1.165) is 26.9 Å². The molecule has 6 heteroatoms. The monoisotopic (exact) mass is 439 g/mol. The Labute approximate surface area is 182 Å². The summed E-state index contributed by atoms with van der Waals surface area (Å²) in [7, 11) is 0. The van der Waals surface area contributed by atoms with E-state index in [1.165, 1.54) is 22.7 Å². The fourth-order valence-corrected chi connectivity index (χ4v) is 5.43. The number of amides is 1. The number of carbonyl (C=O) groups excluding carboxylic acids is 2. The number of thiophene rings is 2. The normalized spacial score (nSPS) is 11.0. The van der Waals surface area contributed by atoms with Gasteiger partial charge >= 0.3 is 0 Å². The van der Waals surface area contributed by atoms with Crippen LogP contribution < -0.4 is 4.90 Å². The van der Waals surface area contributed by atoms with Crippen LogP contribution >= 0.6 is 34.3 Å². The lowest BCUT2D eigenvalue weighted by Crippen LogP contribution is -2.36. The van der Waals surface area contributed by atoms with Gasteiger partial charge in [0.25, 0.3) is 5.91 Å². The number of fused-ring (bicyclic) bond motifs is 1. The van der Waals surface area contributed by atoms with Gasteiger partial charge in [-0.15, -0.1) is 22.7 Å². The van der Waals surface area contributed by atoms with Gasteiger partial charge in [-0.1, -0.05) is 53.6 Å². The van der Waals surface area contributed by atoms with Gasteiger partial charge in [0, 0.05) is 15.8 Å². The highest BCUT2D eigenvalue weighted by molar-refractivity contribution is 7.21. The summed E-state index contributed by atoms with van der Waals surface area (Å²) in [4.78, 5) is 29.1. The Hall–Kier alpha value is -2.47. The number of Topliss-reactive ketones (excluding diaryl/α,β-unsaturated/α-hetero) is 1. The van der Waals surface area contributed by atoms with Crippen LogP contribution in [-0.4, -0.2) is 18.2 Å². The van der Waals surface area contributed by atoms with Crippen LogP contribution in [0.1, 0.15) is 30.5 Å². The van der Waals surface area contributed by atoms with Crippen LogP contribution in [0.25, 0.3) is 10.1 Å². The number of aryl methyl sites for hydroxylation is 2. The number of carbonyl (C=O) groups is 2. The van der Waals surface area contributed by atoms with Crippen LogP contribution in [0.3, 0.4) is 0 Å².